The molecule has 1 saturated carbocycles. The van der Waals surface area contributed by atoms with Crippen LogP contribution >= 0.6 is 0 Å². The van der Waals surface area contributed by atoms with Crippen LogP contribution in [0, 0.1) is 23.2 Å². The largest absolute Gasteiger partial charge is 0.316 e. The third-order valence-corrected chi connectivity index (χ3v) is 4.61. The Hall–Kier alpha value is -0.0800. The lowest BCUT2D eigenvalue weighted by Crippen LogP contribution is -2.40. The first-order chi connectivity index (χ1) is 8.46. The Kier molecular flexibility index (Phi) is 4.71. The highest BCUT2D eigenvalue weighted by molar-refractivity contribution is 4.90. The van der Waals surface area contributed by atoms with Gasteiger partial charge in [0.05, 0.1) is 0 Å². The number of hydrogen-bond acceptors (Lipinski definition) is 2. The Labute approximate surface area is 114 Å². The summed E-state index contributed by atoms with van der Waals surface area (Å²) in [4.78, 5) is 2.73. The molecule has 0 radical (unpaired) electrons. The molecule has 2 nitrogen and oxygen atoms in total. The fourth-order valence-electron chi connectivity index (χ4n) is 3.82. The van der Waals surface area contributed by atoms with Crippen LogP contribution in [0.3, 0.4) is 0 Å². The molecule has 1 heterocycles. The predicted octanol–water partition coefficient (Wildman–Crippen LogP) is 2.99. The van der Waals surface area contributed by atoms with Crippen molar-refractivity contribution < 1.29 is 0 Å². The summed E-state index contributed by atoms with van der Waals surface area (Å²) < 4.78 is 0. The monoisotopic (exact) mass is 252 g/mol. The molecule has 106 valence electrons. The van der Waals surface area contributed by atoms with Crippen molar-refractivity contribution in [1.82, 2.24) is 10.2 Å². The van der Waals surface area contributed by atoms with Crippen LogP contribution in [0.25, 0.3) is 0 Å². The Morgan fingerprint density at radius 3 is 2.33 bits per heavy atom. The van der Waals surface area contributed by atoms with E-state index in [4.69, 9.17) is 0 Å². The summed E-state index contributed by atoms with van der Waals surface area (Å²) in [6.45, 7) is 15.7. The summed E-state index contributed by atoms with van der Waals surface area (Å²) in [5.41, 5.74) is 0.410. The van der Waals surface area contributed by atoms with Crippen LogP contribution in [0.5, 0.6) is 0 Å². The van der Waals surface area contributed by atoms with E-state index in [1.807, 2.05) is 0 Å². The molecule has 0 spiro atoms. The number of hydrogen-bond donors (Lipinski definition) is 1. The zero-order chi connectivity index (χ0) is 13.2. The van der Waals surface area contributed by atoms with E-state index < -0.39 is 0 Å². The first-order valence-corrected chi connectivity index (χ1v) is 7.89. The second-order valence-electron chi connectivity index (χ2n) is 7.83. The minimum absolute atomic E-state index is 0.410. The molecule has 2 aliphatic rings. The lowest BCUT2D eigenvalue weighted by atomic mass is 9.92. The Morgan fingerprint density at radius 2 is 1.78 bits per heavy atom. The van der Waals surface area contributed by atoms with Crippen LogP contribution in [-0.4, -0.2) is 37.6 Å². The Balaban J connectivity index is 1.71. The highest BCUT2D eigenvalue weighted by Crippen LogP contribution is 2.38. The second-order valence-corrected chi connectivity index (χ2v) is 7.83. The number of rotatable bonds is 6. The maximum absolute atomic E-state index is 3.62. The molecule has 2 heteroatoms. The molecule has 1 aliphatic heterocycles. The van der Waals surface area contributed by atoms with Gasteiger partial charge in [0.2, 0.25) is 0 Å². The third-order valence-electron chi connectivity index (χ3n) is 4.61. The van der Waals surface area contributed by atoms with Gasteiger partial charge in [0, 0.05) is 26.2 Å². The molecule has 2 unspecified atom stereocenters. The van der Waals surface area contributed by atoms with Crippen LogP contribution in [0.1, 0.15) is 47.0 Å². The van der Waals surface area contributed by atoms with Crippen LogP contribution in [-0.2, 0) is 0 Å². The highest BCUT2D eigenvalue weighted by Gasteiger charge is 2.37. The average molecular weight is 252 g/mol. The molecule has 0 aromatic heterocycles. The van der Waals surface area contributed by atoms with E-state index in [1.165, 1.54) is 38.9 Å². The smallest absolute Gasteiger partial charge is 0.00451 e. The van der Waals surface area contributed by atoms with Crippen LogP contribution in [0.15, 0.2) is 0 Å². The van der Waals surface area contributed by atoms with Gasteiger partial charge in [0.15, 0.2) is 0 Å². The van der Waals surface area contributed by atoms with E-state index in [1.54, 1.807) is 0 Å². The van der Waals surface area contributed by atoms with Gasteiger partial charge in [0.25, 0.3) is 0 Å². The van der Waals surface area contributed by atoms with E-state index in [0.29, 0.717) is 5.41 Å². The molecule has 0 amide bonds. The summed E-state index contributed by atoms with van der Waals surface area (Å²) in [6, 6.07) is 0. The SMILES string of the molecule is CC(C)CNCC(C)(C)CN1CC2CCCC2C1. The fourth-order valence-corrected chi connectivity index (χ4v) is 3.82. The van der Waals surface area contributed by atoms with Crippen molar-refractivity contribution in [3.05, 3.63) is 0 Å². The Morgan fingerprint density at radius 1 is 1.17 bits per heavy atom. The molecular formula is C16H32N2. The maximum atomic E-state index is 3.62. The molecule has 1 saturated heterocycles. The van der Waals surface area contributed by atoms with Crippen molar-refractivity contribution in [2.45, 2.75) is 47.0 Å². The topological polar surface area (TPSA) is 15.3 Å². The minimum atomic E-state index is 0.410. The average Bonchev–Trinajstić information content (AvgIpc) is 2.75. The van der Waals surface area contributed by atoms with Gasteiger partial charge < -0.3 is 10.2 Å². The number of nitrogens with zero attached hydrogens (tertiary/aromatic N) is 1. The van der Waals surface area contributed by atoms with E-state index >= 15 is 0 Å². The summed E-state index contributed by atoms with van der Waals surface area (Å²) in [5, 5.41) is 3.62. The van der Waals surface area contributed by atoms with Crippen LogP contribution < -0.4 is 5.32 Å². The van der Waals surface area contributed by atoms with Gasteiger partial charge in [-0.15, -0.1) is 0 Å². The normalized spacial score (nSPS) is 29.2. The van der Waals surface area contributed by atoms with Crippen LogP contribution in [0.4, 0.5) is 0 Å². The van der Waals surface area contributed by atoms with Gasteiger partial charge >= 0.3 is 0 Å². The number of fused-ring (bicyclic) bond motifs is 1. The molecule has 0 aromatic rings. The molecule has 18 heavy (non-hydrogen) atoms. The van der Waals surface area contributed by atoms with E-state index in [0.717, 1.165) is 30.8 Å². The summed E-state index contributed by atoms with van der Waals surface area (Å²) in [6.07, 6.45) is 4.48. The van der Waals surface area contributed by atoms with Crippen molar-refractivity contribution in [2.24, 2.45) is 23.2 Å². The standard InChI is InChI=1S/C16H32N2/c1-13(2)8-17-11-16(3,4)12-18-9-14-6-5-7-15(14)10-18/h13-15,17H,5-12H2,1-4H3. The third kappa shape index (κ3) is 3.96. The number of likely N-dealkylation sites (tertiary alicyclic amines) is 1. The summed E-state index contributed by atoms with van der Waals surface area (Å²) in [5.74, 6) is 2.82. The van der Waals surface area contributed by atoms with Gasteiger partial charge in [-0.1, -0.05) is 34.1 Å². The maximum Gasteiger partial charge on any atom is 0.00451 e. The molecule has 1 N–H and O–H groups in total. The van der Waals surface area contributed by atoms with Crippen molar-refractivity contribution in [3.63, 3.8) is 0 Å². The molecule has 2 atom stereocenters. The van der Waals surface area contributed by atoms with Gasteiger partial charge in [-0.2, -0.15) is 0 Å². The molecule has 2 fully saturated rings. The molecule has 0 bridgehead atoms. The van der Waals surface area contributed by atoms with E-state index in [9.17, 15) is 0 Å². The minimum Gasteiger partial charge on any atom is -0.316 e. The molecular weight excluding hydrogens is 220 g/mol. The molecule has 2 rings (SSSR count). The quantitative estimate of drug-likeness (QED) is 0.782. The molecule has 0 aromatic carbocycles. The fraction of sp³-hybridized carbons (Fsp3) is 1.00. The predicted molar refractivity (Wildman–Crippen MR) is 78.8 cm³/mol. The van der Waals surface area contributed by atoms with Gasteiger partial charge in [-0.25, -0.2) is 0 Å². The Bertz CT molecular complexity index is 248. The van der Waals surface area contributed by atoms with E-state index in [2.05, 4.69) is 37.9 Å². The van der Waals surface area contributed by atoms with Crippen LogP contribution in [0.2, 0.25) is 0 Å². The second kappa shape index (κ2) is 5.92. The summed E-state index contributed by atoms with van der Waals surface area (Å²) in [7, 11) is 0. The zero-order valence-electron chi connectivity index (χ0n) is 12.8. The van der Waals surface area contributed by atoms with Crippen molar-refractivity contribution >= 4 is 0 Å². The van der Waals surface area contributed by atoms with Gasteiger partial charge in [-0.3, -0.25) is 0 Å². The molecule has 1 aliphatic carbocycles. The lowest BCUT2D eigenvalue weighted by molar-refractivity contribution is 0.192. The highest BCUT2D eigenvalue weighted by atomic mass is 15.2. The zero-order valence-corrected chi connectivity index (χ0v) is 12.8. The van der Waals surface area contributed by atoms with Crippen molar-refractivity contribution in [3.8, 4) is 0 Å². The lowest BCUT2D eigenvalue weighted by Gasteiger charge is -2.31. The number of nitrogens with one attached hydrogen (secondary N) is 1. The first-order valence-electron chi connectivity index (χ1n) is 7.89. The van der Waals surface area contributed by atoms with Gasteiger partial charge in [0.1, 0.15) is 0 Å². The first kappa shape index (κ1) is 14.3. The van der Waals surface area contributed by atoms with E-state index in [-0.39, 0.29) is 0 Å². The van der Waals surface area contributed by atoms with Crippen molar-refractivity contribution in [2.75, 3.05) is 32.7 Å². The summed E-state index contributed by atoms with van der Waals surface area (Å²) >= 11 is 0. The van der Waals surface area contributed by atoms with Crippen molar-refractivity contribution in [1.29, 1.82) is 0 Å². The van der Waals surface area contributed by atoms with Gasteiger partial charge in [-0.05, 0) is 42.6 Å².